The second kappa shape index (κ2) is 13.3. The van der Waals surface area contributed by atoms with Gasteiger partial charge in [0.2, 0.25) is 0 Å². The number of rotatable bonds is 9. The van der Waals surface area contributed by atoms with Gasteiger partial charge >= 0.3 is 17.9 Å². The molecule has 2 aliphatic carbocycles. The third-order valence-corrected chi connectivity index (χ3v) is 6.58. The van der Waals surface area contributed by atoms with Gasteiger partial charge in [-0.15, -0.1) is 11.3 Å². The zero-order chi connectivity index (χ0) is 25.3. The van der Waals surface area contributed by atoms with Gasteiger partial charge in [0.25, 0.3) is 0 Å². The first kappa shape index (κ1) is 27.6. The van der Waals surface area contributed by atoms with Crippen LogP contribution in [0.2, 0.25) is 0 Å². The number of carboxylic acids is 3. The largest absolute Gasteiger partial charge is 0.480 e. The molecule has 0 unspecified atom stereocenters. The van der Waals surface area contributed by atoms with E-state index >= 15 is 0 Å². The summed E-state index contributed by atoms with van der Waals surface area (Å²) in [5.74, 6) is -2.36. The standard InChI is InChI=1S/C11H11NO2S.C7H13NO2.C6H11NO2/c1-7(11(13)14)12-9-6-15-10-5-3-2-4-8(9)10;1-5(7(9)10)8-6-3-2-4-6;1-4(6(8)9)7-5-2-3-5/h2-7,12H,1H3,(H,13,14);5-6,8H,2-4H2,1H3,(H,9,10);4-5,7H,2-3H2,1H3,(H,8,9)/t7-;5-;4-/m000/s1. The van der Waals surface area contributed by atoms with E-state index in [1.807, 2.05) is 29.6 Å². The van der Waals surface area contributed by atoms with Crippen LogP contribution < -0.4 is 16.0 Å². The molecule has 0 spiro atoms. The fourth-order valence-corrected chi connectivity index (χ4v) is 3.96. The molecule has 1 heterocycles. The number of fused-ring (bicyclic) bond motifs is 1. The molecule has 1 aromatic heterocycles. The highest BCUT2D eigenvalue weighted by molar-refractivity contribution is 7.17. The van der Waals surface area contributed by atoms with Crippen molar-refractivity contribution in [3.63, 3.8) is 0 Å². The number of anilines is 1. The van der Waals surface area contributed by atoms with E-state index in [9.17, 15) is 14.4 Å². The molecule has 9 nitrogen and oxygen atoms in total. The number of hydrogen-bond acceptors (Lipinski definition) is 7. The summed E-state index contributed by atoms with van der Waals surface area (Å²) < 4.78 is 1.16. The zero-order valence-electron chi connectivity index (χ0n) is 19.8. The van der Waals surface area contributed by atoms with Gasteiger partial charge in [-0.3, -0.25) is 14.4 Å². The van der Waals surface area contributed by atoms with Crippen molar-refractivity contribution in [2.75, 3.05) is 5.32 Å². The molecule has 10 heteroatoms. The van der Waals surface area contributed by atoms with Crippen LogP contribution in [0.3, 0.4) is 0 Å². The number of carbonyl (C=O) groups is 3. The van der Waals surface area contributed by atoms with Crippen LogP contribution in [0.4, 0.5) is 5.69 Å². The molecule has 188 valence electrons. The summed E-state index contributed by atoms with van der Waals surface area (Å²) in [6, 6.07) is 7.56. The molecule has 2 fully saturated rings. The number of carboxylic acid groups (broad SMARTS) is 3. The number of benzene rings is 1. The Kier molecular flexibility index (Phi) is 10.7. The van der Waals surface area contributed by atoms with Crippen molar-refractivity contribution in [2.45, 2.75) is 83.1 Å². The van der Waals surface area contributed by atoms with E-state index in [2.05, 4.69) is 16.0 Å². The highest BCUT2D eigenvalue weighted by atomic mass is 32.1. The van der Waals surface area contributed by atoms with Gasteiger partial charge in [-0.25, -0.2) is 0 Å². The predicted molar refractivity (Wildman–Crippen MR) is 134 cm³/mol. The Labute approximate surface area is 203 Å². The van der Waals surface area contributed by atoms with E-state index in [1.165, 1.54) is 6.42 Å². The van der Waals surface area contributed by atoms with Crippen molar-refractivity contribution in [1.29, 1.82) is 0 Å². The van der Waals surface area contributed by atoms with E-state index in [1.54, 1.807) is 32.1 Å². The molecule has 2 saturated carbocycles. The van der Waals surface area contributed by atoms with Gasteiger partial charge in [-0.1, -0.05) is 24.6 Å². The van der Waals surface area contributed by atoms with Crippen molar-refractivity contribution in [3.8, 4) is 0 Å². The van der Waals surface area contributed by atoms with Crippen LogP contribution in [0.25, 0.3) is 10.1 Å². The maximum absolute atomic E-state index is 10.7. The summed E-state index contributed by atoms with van der Waals surface area (Å²) in [4.78, 5) is 31.2. The summed E-state index contributed by atoms with van der Waals surface area (Å²) in [6.45, 7) is 4.98. The minimum absolute atomic E-state index is 0.377. The average molecular weight is 494 g/mol. The van der Waals surface area contributed by atoms with Crippen molar-refractivity contribution in [1.82, 2.24) is 10.6 Å². The molecule has 2 aliphatic rings. The number of thiophene rings is 1. The maximum Gasteiger partial charge on any atom is 0.325 e. The Hall–Kier alpha value is -2.69. The van der Waals surface area contributed by atoms with E-state index < -0.39 is 23.9 Å². The highest BCUT2D eigenvalue weighted by Crippen LogP contribution is 2.30. The summed E-state index contributed by atoms with van der Waals surface area (Å²) in [7, 11) is 0. The Morgan fingerprint density at radius 2 is 1.32 bits per heavy atom. The molecule has 0 bridgehead atoms. The molecular weight excluding hydrogens is 458 g/mol. The van der Waals surface area contributed by atoms with E-state index in [4.69, 9.17) is 15.3 Å². The van der Waals surface area contributed by atoms with Gasteiger partial charge in [0.05, 0.1) is 5.69 Å². The fourth-order valence-electron chi connectivity index (χ4n) is 3.06. The Balaban J connectivity index is 0.000000189. The molecule has 0 radical (unpaired) electrons. The second-order valence-corrected chi connectivity index (χ2v) is 9.62. The van der Waals surface area contributed by atoms with Crippen LogP contribution in [0.1, 0.15) is 52.9 Å². The quantitative estimate of drug-likeness (QED) is 0.308. The summed E-state index contributed by atoms with van der Waals surface area (Å²) in [5, 5.41) is 37.7. The van der Waals surface area contributed by atoms with Gasteiger partial charge in [0.15, 0.2) is 0 Å². The molecule has 0 aliphatic heterocycles. The van der Waals surface area contributed by atoms with Gasteiger partial charge in [0.1, 0.15) is 18.1 Å². The smallest absolute Gasteiger partial charge is 0.325 e. The lowest BCUT2D eigenvalue weighted by Crippen LogP contribution is -2.44. The monoisotopic (exact) mass is 493 g/mol. The van der Waals surface area contributed by atoms with Crippen LogP contribution >= 0.6 is 11.3 Å². The minimum Gasteiger partial charge on any atom is -0.480 e. The molecule has 0 saturated heterocycles. The lowest BCUT2D eigenvalue weighted by atomic mass is 9.92. The molecule has 4 rings (SSSR count). The van der Waals surface area contributed by atoms with Crippen LogP contribution in [0.15, 0.2) is 29.6 Å². The molecule has 0 amide bonds. The topological polar surface area (TPSA) is 148 Å². The maximum atomic E-state index is 10.7. The van der Waals surface area contributed by atoms with Crippen LogP contribution in [-0.2, 0) is 14.4 Å². The Morgan fingerprint density at radius 1 is 0.824 bits per heavy atom. The minimum atomic E-state index is -0.842. The first-order chi connectivity index (χ1) is 16.1. The van der Waals surface area contributed by atoms with Crippen molar-refractivity contribution < 1.29 is 29.7 Å². The summed E-state index contributed by atoms with van der Waals surface area (Å²) in [6.07, 6.45) is 5.79. The first-order valence-electron chi connectivity index (χ1n) is 11.5. The second-order valence-electron chi connectivity index (χ2n) is 8.71. The molecule has 6 N–H and O–H groups in total. The third kappa shape index (κ3) is 9.28. The Bertz CT molecular complexity index is 957. The van der Waals surface area contributed by atoms with Crippen LogP contribution in [0.5, 0.6) is 0 Å². The van der Waals surface area contributed by atoms with Gasteiger partial charge < -0.3 is 31.3 Å². The molecule has 2 aromatic rings. The van der Waals surface area contributed by atoms with Crippen molar-refractivity contribution >= 4 is 45.0 Å². The van der Waals surface area contributed by atoms with Crippen LogP contribution in [-0.4, -0.2) is 63.4 Å². The predicted octanol–water partition coefficient (Wildman–Crippen LogP) is 3.60. The number of aliphatic carboxylic acids is 3. The normalized spacial score (nSPS) is 17.6. The molecule has 1 aromatic carbocycles. The lowest BCUT2D eigenvalue weighted by molar-refractivity contribution is -0.140. The van der Waals surface area contributed by atoms with E-state index in [-0.39, 0.29) is 12.1 Å². The average Bonchev–Trinajstić information content (AvgIpc) is 3.49. The molecule has 3 atom stereocenters. The third-order valence-electron chi connectivity index (χ3n) is 5.62. The van der Waals surface area contributed by atoms with E-state index in [0.29, 0.717) is 12.1 Å². The molecule has 34 heavy (non-hydrogen) atoms. The highest BCUT2D eigenvalue weighted by Gasteiger charge is 2.25. The van der Waals surface area contributed by atoms with Crippen molar-refractivity contribution in [3.05, 3.63) is 29.6 Å². The van der Waals surface area contributed by atoms with Gasteiger partial charge in [0, 0.05) is 27.5 Å². The van der Waals surface area contributed by atoms with E-state index in [0.717, 1.165) is 41.5 Å². The molecular formula is C24H35N3O6S. The Morgan fingerprint density at radius 3 is 1.76 bits per heavy atom. The lowest BCUT2D eigenvalue weighted by Gasteiger charge is -2.28. The summed E-state index contributed by atoms with van der Waals surface area (Å²) in [5.41, 5.74) is 0.894. The van der Waals surface area contributed by atoms with Gasteiger partial charge in [-0.2, -0.15) is 0 Å². The van der Waals surface area contributed by atoms with Crippen LogP contribution in [0, 0.1) is 0 Å². The summed E-state index contributed by atoms with van der Waals surface area (Å²) >= 11 is 1.61. The SMILES string of the molecule is C[C@H](NC1CC1)C(=O)O.C[C@H](NC1CCC1)C(=O)O.C[C@H](Nc1csc2ccccc12)C(=O)O. The van der Waals surface area contributed by atoms with Gasteiger partial charge in [-0.05, 0) is 52.5 Å². The fraction of sp³-hybridized carbons (Fsp3) is 0.542. The number of nitrogens with one attached hydrogen (secondary N) is 3. The number of hydrogen-bond donors (Lipinski definition) is 6. The van der Waals surface area contributed by atoms with Crippen molar-refractivity contribution in [2.24, 2.45) is 0 Å². The first-order valence-corrected chi connectivity index (χ1v) is 12.4. The zero-order valence-corrected chi connectivity index (χ0v) is 20.6.